The third kappa shape index (κ3) is 4.36. The van der Waals surface area contributed by atoms with E-state index in [1.54, 1.807) is 13.1 Å². The Bertz CT molecular complexity index is 816. The largest absolute Gasteiger partial charge is 0.490 e. The smallest absolute Gasteiger partial charge is 0.217 e. The monoisotopic (exact) mass is 379 g/mol. The first-order valence-electron chi connectivity index (χ1n) is 10.3. The zero-order valence-corrected chi connectivity index (χ0v) is 16.7. The normalized spacial score (nSPS) is 21.0. The average molecular weight is 380 g/mol. The fraction of sp³-hybridized carbons (Fsp3) is 0.478. The maximum absolute atomic E-state index is 11.7. The summed E-state index contributed by atoms with van der Waals surface area (Å²) < 4.78 is 5.81. The maximum Gasteiger partial charge on any atom is 0.217 e. The van der Waals surface area contributed by atoms with E-state index >= 15 is 0 Å². The second-order valence-corrected chi connectivity index (χ2v) is 8.12. The summed E-state index contributed by atoms with van der Waals surface area (Å²) in [4.78, 5) is 18.7. The molecule has 3 heterocycles. The molecule has 0 spiro atoms. The van der Waals surface area contributed by atoms with E-state index in [-0.39, 0.29) is 11.9 Å². The molecular weight excluding hydrogens is 350 g/mol. The van der Waals surface area contributed by atoms with Crippen LogP contribution in [0.3, 0.4) is 0 Å². The molecule has 148 valence electrons. The molecule has 1 aromatic carbocycles. The van der Waals surface area contributed by atoms with Crippen LogP contribution < -0.4 is 10.1 Å². The van der Waals surface area contributed by atoms with E-state index in [9.17, 15) is 4.79 Å². The van der Waals surface area contributed by atoms with Crippen LogP contribution in [0.2, 0.25) is 0 Å². The van der Waals surface area contributed by atoms with Crippen LogP contribution in [0.25, 0.3) is 0 Å². The Labute approximate surface area is 167 Å². The third-order valence-electron chi connectivity index (χ3n) is 5.84. The van der Waals surface area contributed by atoms with E-state index in [4.69, 9.17) is 4.74 Å². The van der Waals surface area contributed by atoms with Gasteiger partial charge in [0, 0.05) is 26.1 Å². The van der Waals surface area contributed by atoms with Crippen LogP contribution >= 0.6 is 0 Å². The van der Waals surface area contributed by atoms with Crippen molar-refractivity contribution in [2.75, 3.05) is 13.1 Å². The number of rotatable bonds is 5. The summed E-state index contributed by atoms with van der Waals surface area (Å²) in [5.74, 6) is 1.47. The predicted octanol–water partition coefficient (Wildman–Crippen LogP) is 3.49. The summed E-state index contributed by atoms with van der Waals surface area (Å²) in [5, 5.41) is 3.13. The van der Waals surface area contributed by atoms with Gasteiger partial charge >= 0.3 is 0 Å². The number of fused-ring (bicyclic) bond motifs is 1. The topological polar surface area (TPSA) is 54.5 Å². The second kappa shape index (κ2) is 8.31. The molecule has 2 aliphatic heterocycles. The molecular formula is C23H29N3O2. The SMILES string of the molecule is CC(=O)NC(c1ccccn1)C1CCN(Cc2ccc3c(c2)CC(C)O3)CC1. The van der Waals surface area contributed by atoms with Crippen molar-refractivity contribution in [2.24, 2.45) is 5.92 Å². The van der Waals surface area contributed by atoms with Crippen LogP contribution in [-0.2, 0) is 17.8 Å². The van der Waals surface area contributed by atoms with Gasteiger partial charge in [0.2, 0.25) is 5.91 Å². The highest BCUT2D eigenvalue weighted by atomic mass is 16.5. The number of aromatic nitrogens is 1. The third-order valence-corrected chi connectivity index (χ3v) is 5.84. The van der Waals surface area contributed by atoms with Gasteiger partial charge in [0.05, 0.1) is 11.7 Å². The van der Waals surface area contributed by atoms with E-state index < -0.39 is 0 Å². The van der Waals surface area contributed by atoms with Crippen molar-refractivity contribution in [2.45, 2.75) is 51.8 Å². The minimum Gasteiger partial charge on any atom is -0.490 e. The van der Waals surface area contributed by atoms with E-state index in [2.05, 4.69) is 40.3 Å². The molecule has 28 heavy (non-hydrogen) atoms. The van der Waals surface area contributed by atoms with Gasteiger partial charge in [0.25, 0.3) is 0 Å². The van der Waals surface area contributed by atoms with Crippen LogP contribution in [0.5, 0.6) is 5.75 Å². The van der Waals surface area contributed by atoms with Gasteiger partial charge in [-0.05, 0) is 68.1 Å². The van der Waals surface area contributed by atoms with Crippen molar-refractivity contribution >= 4 is 5.91 Å². The van der Waals surface area contributed by atoms with Crippen LogP contribution in [0.15, 0.2) is 42.6 Å². The van der Waals surface area contributed by atoms with Crippen LogP contribution in [0.1, 0.15) is 49.6 Å². The molecule has 0 radical (unpaired) electrons. The maximum atomic E-state index is 11.7. The average Bonchev–Trinajstić information content (AvgIpc) is 3.07. The fourth-order valence-corrected chi connectivity index (χ4v) is 4.49. The van der Waals surface area contributed by atoms with Gasteiger partial charge < -0.3 is 10.1 Å². The fourth-order valence-electron chi connectivity index (χ4n) is 4.49. The molecule has 4 rings (SSSR count). The molecule has 0 aliphatic carbocycles. The first-order chi connectivity index (χ1) is 13.6. The lowest BCUT2D eigenvalue weighted by Gasteiger charge is -2.36. The van der Waals surface area contributed by atoms with Crippen LogP contribution in [-0.4, -0.2) is 35.0 Å². The minimum atomic E-state index is -0.000481. The Morgan fingerprint density at radius 2 is 2.11 bits per heavy atom. The highest BCUT2D eigenvalue weighted by molar-refractivity contribution is 5.73. The van der Waals surface area contributed by atoms with Gasteiger partial charge in [-0.25, -0.2) is 0 Å². The van der Waals surface area contributed by atoms with Gasteiger partial charge in [0.15, 0.2) is 0 Å². The predicted molar refractivity (Wildman–Crippen MR) is 109 cm³/mol. The number of carbonyl (C=O) groups is 1. The van der Waals surface area contributed by atoms with Crippen molar-refractivity contribution < 1.29 is 9.53 Å². The highest BCUT2D eigenvalue weighted by Crippen LogP contribution is 2.32. The number of carbonyl (C=O) groups excluding carboxylic acids is 1. The van der Waals surface area contributed by atoms with Crippen molar-refractivity contribution in [1.82, 2.24) is 15.2 Å². The Kier molecular flexibility index (Phi) is 5.62. The highest BCUT2D eigenvalue weighted by Gasteiger charge is 2.29. The molecule has 0 saturated carbocycles. The van der Waals surface area contributed by atoms with E-state index in [0.29, 0.717) is 12.0 Å². The first kappa shape index (κ1) is 18.9. The number of amides is 1. The quantitative estimate of drug-likeness (QED) is 0.864. The van der Waals surface area contributed by atoms with E-state index in [1.165, 1.54) is 11.1 Å². The number of hydrogen-bond acceptors (Lipinski definition) is 4. The number of nitrogens with zero attached hydrogens (tertiary/aromatic N) is 2. The number of benzene rings is 1. The molecule has 2 atom stereocenters. The summed E-state index contributed by atoms with van der Waals surface area (Å²) in [5.41, 5.74) is 3.66. The lowest BCUT2D eigenvalue weighted by atomic mass is 9.87. The van der Waals surface area contributed by atoms with Crippen molar-refractivity contribution in [3.63, 3.8) is 0 Å². The Balaban J connectivity index is 1.37. The summed E-state index contributed by atoms with van der Waals surface area (Å²) in [7, 11) is 0. The number of ether oxygens (including phenoxy) is 1. The molecule has 5 heteroatoms. The lowest BCUT2D eigenvalue weighted by Crippen LogP contribution is -2.40. The lowest BCUT2D eigenvalue weighted by molar-refractivity contribution is -0.120. The second-order valence-electron chi connectivity index (χ2n) is 8.12. The van der Waals surface area contributed by atoms with Crippen molar-refractivity contribution in [3.05, 3.63) is 59.4 Å². The molecule has 1 fully saturated rings. The van der Waals surface area contributed by atoms with Crippen molar-refractivity contribution in [1.29, 1.82) is 0 Å². The molecule has 2 aliphatic rings. The Morgan fingerprint density at radius 1 is 1.29 bits per heavy atom. The number of hydrogen-bond donors (Lipinski definition) is 1. The molecule has 1 aromatic heterocycles. The molecule has 5 nitrogen and oxygen atoms in total. The molecule has 1 saturated heterocycles. The zero-order valence-electron chi connectivity index (χ0n) is 16.7. The number of piperidine rings is 1. The van der Waals surface area contributed by atoms with Gasteiger partial charge in [-0.2, -0.15) is 0 Å². The van der Waals surface area contributed by atoms with Crippen LogP contribution in [0.4, 0.5) is 0 Å². The van der Waals surface area contributed by atoms with Gasteiger partial charge in [0.1, 0.15) is 11.9 Å². The minimum absolute atomic E-state index is 0.000481. The van der Waals surface area contributed by atoms with Crippen molar-refractivity contribution in [3.8, 4) is 5.75 Å². The van der Waals surface area contributed by atoms with Gasteiger partial charge in [-0.3, -0.25) is 14.7 Å². The van der Waals surface area contributed by atoms with Crippen LogP contribution in [0, 0.1) is 5.92 Å². The van der Waals surface area contributed by atoms with Gasteiger partial charge in [-0.1, -0.05) is 18.2 Å². The molecule has 0 bridgehead atoms. The molecule has 1 amide bonds. The number of nitrogens with one attached hydrogen (secondary N) is 1. The Hall–Kier alpha value is -2.40. The summed E-state index contributed by atoms with van der Waals surface area (Å²) >= 11 is 0. The Morgan fingerprint density at radius 3 is 2.82 bits per heavy atom. The zero-order chi connectivity index (χ0) is 19.5. The van der Waals surface area contributed by atoms with E-state index in [0.717, 1.165) is 50.3 Å². The summed E-state index contributed by atoms with van der Waals surface area (Å²) in [6, 6.07) is 12.5. The standard InChI is InChI=1S/C23H29N3O2/c1-16-13-20-14-18(6-7-22(20)28-16)15-26-11-8-19(9-12-26)23(25-17(2)27)21-5-3-4-10-24-21/h3-7,10,14,16,19,23H,8-9,11-13,15H2,1-2H3,(H,25,27). The first-order valence-corrected chi connectivity index (χ1v) is 10.3. The summed E-state index contributed by atoms with van der Waals surface area (Å²) in [6.07, 6.45) is 5.23. The summed E-state index contributed by atoms with van der Waals surface area (Å²) in [6.45, 7) is 6.76. The van der Waals surface area contributed by atoms with E-state index in [1.807, 2.05) is 18.2 Å². The van der Waals surface area contributed by atoms with Gasteiger partial charge in [-0.15, -0.1) is 0 Å². The number of likely N-dealkylation sites (tertiary alicyclic amines) is 1. The molecule has 2 aromatic rings. The number of pyridine rings is 1. The molecule has 1 N–H and O–H groups in total. The molecule has 2 unspecified atom stereocenters.